The Hall–Kier alpha value is -0.960. The molecule has 1 heterocycles. The fourth-order valence-electron chi connectivity index (χ4n) is 2.69. The van der Waals surface area contributed by atoms with Crippen LogP contribution >= 0.6 is 0 Å². The molecule has 18 heavy (non-hydrogen) atoms. The first-order valence-corrected chi connectivity index (χ1v) is 6.73. The van der Waals surface area contributed by atoms with E-state index in [4.69, 9.17) is 0 Å². The van der Waals surface area contributed by atoms with Crippen molar-refractivity contribution >= 4 is 0 Å². The molecule has 0 aromatic heterocycles. The van der Waals surface area contributed by atoms with Gasteiger partial charge in [-0.05, 0) is 43.4 Å². The van der Waals surface area contributed by atoms with Crippen molar-refractivity contribution in [1.82, 2.24) is 4.90 Å². The Labute approximate surface area is 108 Å². The molecule has 3 heteroatoms. The van der Waals surface area contributed by atoms with E-state index in [1.165, 1.54) is 24.6 Å². The predicted octanol–water partition coefficient (Wildman–Crippen LogP) is 3.83. The number of likely N-dealkylation sites (tertiary alicyclic amines) is 1. The van der Waals surface area contributed by atoms with Crippen molar-refractivity contribution in [2.45, 2.75) is 33.2 Å². The van der Waals surface area contributed by atoms with Gasteiger partial charge in [0.1, 0.15) is 11.6 Å². The monoisotopic (exact) mass is 253 g/mol. The van der Waals surface area contributed by atoms with Crippen molar-refractivity contribution in [2.24, 2.45) is 11.8 Å². The summed E-state index contributed by atoms with van der Waals surface area (Å²) in [7, 11) is 0. The molecular weight excluding hydrogens is 232 g/mol. The normalized spacial score (nSPS) is 21.5. The standard InChI is InChI=1S/C15H21F2N/c1-11(2)12-5-4-8-18(9-12)10-13-14(16)6-3-7-15(13)17/h3,6-7,11-12H,4-5,8-10H2,1-2H3/t12-/m0/s1. The summed E-state index contributed by atoms with van der Waals surface area (Å²) in [4.78, 5) is 2.18. The van der Waals surface area contributed by atoms with Crippen LogP contribution < -0.4 is 0 Å². The summed E-state index contributed by atoms with van der Waals surface area (Å²) in [5.74, 6) is 0.426. The third-order valence-electron chi connectivity index (χ3n) is 3.93. The van der Waals surface area contributed by atoms with Gasteiger partial charge in [0.25, 0.3) is 0 Å². The van der Waals surface area contributed by atoms with Gasteiger partial charge in [-0.3, -0.25) is 4.90 Å². The van der Waals surface area contributed by atoms with Gasteiger partial charge in [-0.2, -0.15) is 0 Å². The van der Waals surface area contributed by atoms with E-state index in [-0.39, 0.29) is 5.56 Å². The van der Waals surface area contributed by atoms with Crippen molar-refractivity contribution in [3.05, 3.63) is 35.4 Å². The molecule has 0 spiro atoms. The molecule has 0 bridgehead atoms. The van der Waals surface area contributed by atoms with E-state index in [2.05, 4.69) is 18.7 Å². The first kappa shape index (κ1) is 13.5. The first-order valence-electron chi connectivity index (χ1n) is 6.73. The van der Waals surface area contributed by atoms with Gasteiger partial charge in [0, 0.05) is 18.7 Å². The molecule has 0 saturated carbocycles. The lowest BCUT2D eigenvalue weighted by Crippen LogP contribution is -2.37. The van der Waals surface area contributed by atoms with Crippen molar-refractivity contribution in [2.75, 3.05) is 13.1 Å². The van der Waals surface area contributed by atoms with Crippen LogP contribution in [0.2, 0.25) is 0 Å². The van der Waals surface area contributed by atoms with Gasteiger partial charge < -0.3 is 0 Å². The number of halogens is 2. The third kappa shape index (κ3) is 3.08. The molecule has 1 aliphatic heterocycles. The van der Waals surface area contributed by atoms with Gasteiger partial charge in [-0.15, -0.1) is 0 Å². The zero-order valence-corrected chi connectivity index (χ0v) is 11.1. The molecule has 1 aliphatic rings. The molecule has 0 radical (unpaired) electrons. The number of nitrogens with zero attached hydrogens (tertiary/aromatic N) is 1. The molecule has 1 saturated heterocycles. The van der Waals surface area contributed by atoms with E-state index in [1.54, 1.807) is 0 Å². The van der Waals surface area contributed by atoms with E-state index < -0.39 is 11.6 Å². The Kier molecular flexibility index (Phi) is 4.33. The average molecular weight is 253 g/mol. The quantitative estimate of drug-likeness (QED) is 0.791. The Morgan fingerprint density at radius 2 is 1.94 bits per heavy atom. The topological polar surface area (TPSA) is 3.24 Å². The summed E-state index contributed by atoms with van der Waals surface area (Å²) in [6.45, 7) is 6.72. The van der Waals surface area contributed by atoms with Gasteiger partial charge in [0.15, 0.2) is 0 Å². The van der Waals surface area contributed by atoms with Gasteiger partial charge in [-0.1, -0.05) is 19.9 Å². The fraction of sp³-hybridized carbons (Fsp3) is 0.600. The second kappa shape index (κ2) is 5.79. The highest BCUT2D eigenvalue weighted by atomic mass is 19.1. The van der Waals surface area contributed by atoms with Crippen LogP contribution in [0, 0.1) is 23.5 Å². The summed E-state index contributed by atoms with van der Waals surface area (Å²) in [5.41, 5.74) is 0.210. The minimum atomic E-state index is -0.429. The smallest absolute Gasteiger partial charge is 0.130 e. The first-order chi connectivity index (χ1) is 8.58. The lowest BCUT2D eigenvalue weighted by molar-refractivity contribution is 0.136. The Balaban J connectivity index is 2.05. The second-order valence-corrected chi connectivity index (χ2v) is 5.58. The Morgan fingerprint density at radius 1 is 1.28 bits per heavy atom. The van der Waals surface area contributed by atoms with E-state index in [9.17, 15) is 8.78 Å². The highest BCUT2D eigenvalue weighted by Gasteiger charge is 2.23. The molecule has 1 atom stereocenters. The highest BCUT2D eigenvalue weighted by Crippen LogP contribution is 2.25. The molecular formula is C15H21F2N. The second-order valence-electron chi connectivity index (χ2n) is 5.58. The SMILES string of the molecule is CC(C)[C@H]1CCCN(Cc2c(F)cccc2F)C1. The summed E-state index contributed by atoms with van der Waals surface area (Å²) in [5, 5.41) is 0. The van der Waals surface area contributed by atoms with Gasteiger partial charge in [0.2, 0.25) is 0 Å². The zero-order chi connectivity index (χ0) is 13.1. The van der Waals surface area contributed by atoms with Crippen LogP contribution in [-0.4, -0.2) is 18.0 Å². The maximum atomic E-state index is 13.6. The highest BCUT2D eigenvalue weighted by molar-refractivity contribution is 5.19. The lowest BCUT2D eigenvalue weighted by Gasteiger charge is -2.34. The summed E-state index contributed by atoms with van der Waals surface area (Å²) < 4.78 is 27.2. The summed E-state index contributed by atoms with van der Waals surface area (Å²) >= 11 is 0. The molecule has 1 aromatic rings. The molecule has 1 aromatic carbocycles. The maximum Gasteiger partial charge on any atom is 0.130 e. The number of piperidine rings is 1. The largest absolute Gasteiger partial charge is 0.299 e. The van der Waals surface area contributed by atoms with Crippen molar-refractivity contribution in [3.8, 4) is 0 Å². The molecule has 100 valence electrons. The summed E-state index contributed by atoms with van der Waals surface area (Å²) in [6.07, 6.45) is 2.35. The van der Waals surface area contributed by atoms with Crippen LogP contribution in [0.5, 0.6) is 0 Å². The van der Waals surface area contributed by atoms with Gasteiger partial charge >= 0.3 is 0 Å². The number of hydrogen-bond acceptors (Lipinski definition) is 1. The van der Waals surface area contributed by atoms with Crippen LogP contribution in [0.15, 0.2) is 18.2 Å². The number of hydrogen-bond donors (Lipinski definition) is 0. The van der Waals surface area contributed by atoms with Crippen molar-refractivity contribution in [1.29, 1.82) is 0 Å². The molecule has 0 N–H and O–H groups in total. The van der Waals surface area contributed by atoms with Crippen molar-refractivity contribution in [3.63, 3.8) is 0 Å². The molecule has 2 rings (SSSR count). The van der Waals surface area contributed by atoms with Crippen LogP contribution in [-0.2, 0) is 6.54 Å². The van der Waals surface area contributed by atoms with Gasteiger partial charge in [0.05, 0.1) is 0 Å². The predicted molar refractivity (Wildman–Crippen MR) is 69.2 cm³/mol. The van der Waals surface area contributed by atoms with Crippen LogP contribution in [0.3, 0.4) is 0 Å². The van der Waals surface area contributed by atoms with E-state index in [0.29, 0.717) is 18.4 Å². The number of benzene rings is 1. The Morgan fingerprint density at radius 3 is 2.56 bits per heavy atom. The fourth-order valence-corrected chi connectivity index (χ4v) is 2.69. The molecule has 1 nitrogen and oxygen atoms in total. The van der Waals surface area contributed by atoms with Gasteiger partial charge in [-0.25, -0.2) is 8.78 Å². The van der Waals surface area contributed by atoms with E-state index >= 15 is 0 Å². The van der Waals surface area contributed by atoms with E-state index in [1.807, 2.05) is 0 Å². The summed E-state index contributed by atoms with van der Waals surface area (Å²) in [6, 6.07) is 4.09. The molecule has 0 amide bonds. The zero-order valence-electron chi connectivity index (χ0n) is 11.1. The Bertz CT molecular complexity index is 383. The minimum absolute atomic E-state index is 0.210. The van der Waals surface area contributed by atoms with Crippen LogP contribution in [0.4, 0.5) is 8.78 Å². The minimum Gasteiger partial charge on any atom is -0.299 e. The lowest BCUT2D eigenvalue weighted by atomic mass is 9.88. The average Bonchev–Trinajstić information content (AvgIpc) is 2.34. The maximum absolute atomic E-state index is 13.6. The third-order valence-corrected chi connectivity index (χ3v) is 3.93. The van der Waals surface area contributed by atoms with Crippen molar-refractivity contribution < 1.29 is 8.78 Å². The number of rotatable bonds is 3. The molecule has 0 unspecified atom stereocenters. The van der Waals surface area contributed by atoms with Crippen LogP contribution in [0.1, 0.15) is 32.3 Å². The van der Waals surface area contributed by atoms with E-state index in [0.717, 1.165) is 19.5 Å². The molecule has 0 aliphatic carbocycles. The molecule has 1 fully saturated rings. The van der Waals surface area contributed by atoms with Crippen LogP contribution in [0.25, 0.3) is 0 Å².